The molecule has 22 heavy (non-hydrogen) atoms. The number of hydrogen-bond acceptors (Lipinski definition) is 3. The summed E-state index contributed by atoms with van der Waals surface area (Å²) in [6.07, 6.45) is 0.331. The summed E-state index contributed by atoms with van der Waals surface area (Å²) < 4.78 is 53.3. The predicted octanol–water partition coefficient (Wildman–Crippen LogP) is 3.81. The molecule has 8 heteroatoms. The maximum absolute atomic E-state index is 13.6. The number of rotatable bonds is 5. The average Bonchev–Trinajstić information content (AvgIpc) is 2.51. The first-order chi connectivity index (χ1) is 10.4. The van der Waals surface area contributed by atoms with E-state index in [2.05, 4.69) is 5.32 Å². The lowest BCUT2D eigenvalue weighted by atomic mass is 10.1. The van der Waals surface area contributed by atoms with E-state index in [1.165, 1.54) is 0 Å². The molecule has 0 aromatic heterocycles. The Hall–Kier alpha value is -2.64. The Morgan fingerprint density at radius 1 is 0.955 bits per heavy atom. The van der Waals surface area contributed by atoms with E-state index >= 15 is 0 Å². The Kier molecular flexibility index (Phi) is 4.59. The maximum Gasteiger partial charge on any atom is 0.333 e. The van der Waals surface area contributed by atoms with Crippen LogP contribution >= 0.6 is 0 Å². The van der Waals surface area contributed by atoms with Crippen molar-refractivity contribution in [2.45, 2.75) is 6.42 Å². The van der Waals surface area contributed by atoms with Crippen LogP contribution in [0.25, 0.3) is 0 Å². The molecule has 2 aromatic rings. The highest BCUT2D eigenvalue weighted by atomic mass is 19.2. The van der Waals surface area contributed by atoms with E-state index in [0.717, 1.165) is 5.56 Å². The maximum atomic E-state index is 13.6. The summed E-state index contributed by atoms with van der Waals surface area (Å²) in [6.45, 7) is -0.0215. The molecule has 0 aliphatic carbocycles. The van der Waals surface area contributed by atoms with Crippen molar-refractivity contribution in [2.24, 2.45) is 0 Å². The first kappa shape index (κ1) is 15.7. The van der Waals surface area contributed by atoms with Crippen LogP contribution in [0.4, 0.5) is 28.9 Å². The number of nitro benzene ring substituents is 1. The molecule has 0 bridgehead atoms. The normalized spacial score (nSPS) is 10.5. The minimum absolute atomic E-state index is 0.0215. The van der Waals surface area contributed by atoms with Crippen molar-refractivity contribution in [1.29, 1.82) is 0 Å². The third-order valence-electron chi connectivity index (χ3n) is 2.98. The Morgan fingerprint density at radius 3 is 2.14 bits per heavy atom. The Labute approximate surface area is 122 Å². The van der Waals surface area contributed by atoms with Crippen molar-refractivity contribution in [2.75, 3.05) is 11.9 Å². The topological polar surface area (TPSA) is 55.2 Å². The number of nitrogens with one attached hydrogen (secondary N) is 1. The molecule has 0 saturated carbocycles. The van der Waals surface area contributed by atoms with Crippen LogP contribution in [0.5, 0.6) is 0 Å². The smallest absolute Gasteiger partial charge is 0.333 e. The summed E-state index contributed by atoms with van der Waals surface area (Å²) in [5.41, 5.74) is -1.62. The van der Waals surface area contributed by atoms with E-state index in [-0.39, 0.29) is 6.54 Å². The molecule has 0 fully saturated rings. The molecule has 4 nitrogen and oxygen atoms in total. The van der Waals surface area contributed by atoms with E-state index in [1.54, 1.807) is 30.3 Å². The highest BCUT2D eigenvalue weighted by molar-refractivity contribution is 5.63. The molecule has 0 spiro atoms. The second-order valence-corrected chi connectivity index (χ2v) is 4.40. The van der Waals surface area contributed by atoms with Crippen LogP contribution in [0.2, 0.25) is 0 Å². The fourth-order valence-corrected chi connectivity index (χ4v) is 1.93. The van der Waals surface area contributed by atoms with Gasteiger partial charge >= 0.3 is 5.69 Å². The minimum Gasteiger partial charge on any atom is -0.377 e. The highest BCUT2D eigenvalue weighted by Gasteiger charge is 2.32. The summed E-state index contributed by atoms with van der Waals surface area (Å²) in [5, 5.41) is 13.0. The van der Waals surface area contributed by atoms with Crippen LogP contribution in [-0.2, 0) is 6.42 Å². The van der Waals surface area contributed by atoms with Crippen molar-refractivity contribution in [3.8, 4) is 0 Å². The first-order valence-corrected chi connectivity index (χ1v) is 6.21. The van der Waals surface area contributed by atoms with Crippen LogP contribution in [0.1, 0.15) is 5.56 Å². The SMILES string of the molecule is O=[N+]([O-])c1c(F)c(F)c(F)c(F)c1NCCc1ccccc1. The monoisotopic (exact) mass is 314 g/mol. The van der Waals surface area contributed by atoms with Gasteiger partial charge in [-0.05, 0) is 12.0 Å². The standard InChI is InChI=1S/C14H10F4N2O2/c15-9-10(16)12(18)14(20(21)22)13(11(9)17)19-7-6-8-4-2-1-3-5-8/h1-5,19H,6-7H2. The molecule has 116 valence electrons. The van der Waals surface area contributed by atoms with Gasteiger partial charge in [-0.1, -0.05) is 30.3 Å². The number of halogens is 4. The Balaban J connectivity index is 2.28. The van der Waals surface area contributed by atoms with Gasteiger partial charge in [0, 0.05) is 6.54 Å². The van der Waals surface area contributed by atoms with Gasteiger partial charge in [-0.3, -0.25) is 10.1 Å². The number of nitrogens with zero attached hydrogens (tertiary/aromatic N) is 1. The third kappa shape index (κ3) is 3.00. The summed E-state index contributed by atoms with van der Waals surface area (Å²) in [5.74, 6) is -8.16. The molecule has 0 unspecified atom stereocenters. The van der Waals surface area contributed by atoms with Crippen molar-refractivity contribution in [3.63, 3.8) is 0 Å². The molecule has 2 rings (SSSR count). The highest BCUT2D eigenvalue weighted by Crippen LogP contribution is 2.34. The van der Waals surface area contributed by atoms with Gasteiger partial charge in [0.05, 0.1) is 4.92 Å². The summed E-state index contributed by atoms with van der Waals surface area (Å²) in [4.78, 5) is 9.46. The van der Waals surface area contributed by atoms with E-state index in [1.807, 2.05) is 0 Å². The van der Waals surface area contributed by atoms with Crippen LogP contribution in [0.15, 0.2) is 30.3 Å². The zero-order valence-corrected chi connectivity index (χ0v) is 11.1. The number of nitro groups is 1. The van der Waals surface area contributed by atoms with Gasteiger partial charge in [-0.2, -0.15) is 4.39 Å². The van der Waals surface area contributed by atoms with Gasteiger partial charge in [-0.15, -0.1) is 0 Å². The zero-order chi connectivity index (χ0) is 16.3. The Bertz CT molecular complexity index is 708. The van der Waals surface area contributed by atoms with Gasteiger partial charge in [0.2, 0.25) is 11.6 Å². The quantitative estimate of drug-likeness (QED) is 0.300. The first-order valence-electron chi connectivity index (χ1n) is 6.21. The number of benzene rings is 2. The second-order valence-electron chi connectivity index (χ2n) is 4.40. The van der Waals surface area contributed by atoms with E-state index in [4.69, 9.17) is 0 Å². The predicted molar refractivity (Wildman–Crippen MR) is 71.6 cm³/mol. The summed E-state index contributed by atoms with van der Waals surface area (Å²) in [7, 11) is 0. The van der Waals surface area contributed by atoms with E-state index in [0.29, 0.717) is 6.42 Å². The molecule has 0 heterocycles. The molecule has 0 aliphatic heterocycles. The van der Waals surface area contributed by atoms with Crippen LogP contribution in [-0.4, -0.2) is 11.5 Å². The third-order valence-corrected chi connectivity index (χ3v) is 2.98. The van der Waals surface area contributed by atoms with Gasteiger partial charge in [0.25, 0.3) is 0 Å². The van der Waals surface area contributed by atoms with Crippen molar-refractivity contribution in [1.82, 2.24) is 0 Å². The average molecular weight is 314 g/mol. The minimum atomic E-state index is -2.21. The fraction of sp³-hybridized carbons (Fsp3) is 0.143. The zero-order valence-electron chi connectivity index (χ0n) is 11.1. The largest absolute Gasteiger partial charge is 0.377 e. The van der Waals surface area contributed by atoms with Crippen molar-refractivity contribution < 1.29 is 22.5 Å². The molecule has 0 aliphatic rings. The van der Waals surface area contributed by atoms with Crippen LogP contribution < -0.4 is 5.32 Å². The van der Waals surface area contributed by atoms with E-state index in [9.17, 15) is 27.7 Å². The lowest BCUT2D eigenvalue weighted by Gasteiger charge is -2.10. The van der Waals surface area contributed by atoms with Crippen molar-refractivity contribution in [3.05, 3.63) is 69.3 Å². The van der Waals surface area contributed by atoms with Gasteiger partial charge < -0.3 is 5.32 Å². The van der Waals surface area contributed by atoms with Gasteiger partial charge in [-0.25, -0.2) is 13.2 Å². The summed E-state index contributed by atoms with van der Waals surface area (Å²) >= 11 is 0. The van der Waals surface area contributed by atoms with Gasteiger partial charge in [0.1, 0.15) is 0 Å². The van der Waals surface area contributed by atoms with Crippen LogP contribution in [0, 0.1) is 33.4 Å². The second kappa shape index (κ2) is 6.42. The molecular formula is C14H10F4N2O2. The molecule has 0 radical (unpaired) electrons. The Morgan fingerprint density at radius 2 is 1.55 bits per heavy atom. The summed E-state index contributed by atoms with van der Waals surface area (Å²) in [6, 6.07) is 8.83. The number of hydrogen-bond donors (Lipinski definition) is 1. The van der Waals surface area contributed by atoms with Crippen molar-refractivity contribution >= 4 is 11.4 Å². The molecule has 1 N–H and O–H groups in total. The van der Waals surface area contributed by atoms with Crippen LogP contribution in [0.3, 0.4) is 0 Å². The molecule has 0 atom stereocenters. The molecular weight excluding hydrogens is 304 g/mol. The fourth-order valence-electron chi connectivity index (χ4n) is 1.93. The lowest BCUT2D eigenvalue weighted by molar-refractivity contribution is -0.387. The molecule has 0 saturated heterocycles. The number of anilines is 1. The lowest BCUT2D eigenvalue weighted by Crippen LogP contribution is -2.12. The molecule has 2 aromatic carbocycles. The van der Waals surface area contributed by atoms with Gasteiger partial charge in [0.15, 0.2) is 17.3 Å². The molecule has 0 amide bonds. The van der Waals surface area contributed by atoms with E-state index < -0.39 is 39.6 Å².